The molecule has 0 aromatic heterocycles. The number of nitrogens with zero attached hydrogens (tertiary/aromatic N) is 1. The van der Waals surface area contributed by atoms with Gasteiger partial charge in [0, 0.05) is 14.8 Å². The minimum Gasteiger partial charge on any atom is -0.495 e. The minimum absolute atomic E-state index is 0.209. The van der Waals surface area contributed by atoms with Crippen LogP contribution in [0.1, 0.15) is 5.56 Å². The topological polar surface area (TPSA) is 75.7 Å². The third-order valence-electron chi connectivity index (χ3n) is 3.83. The van der Waals surface area contributed by atoms with E-state index in [-0.39, 0.29) is 4.91 Å². The molecule has 0 spiro atoms. The number of anilines is 1. The molecule has 2 aromatic rings. The molecule has 1 saturated heterocycles. The van der Waals surface area contributed by atoms with E-state index in [9.17, 15) is 18.8 Å². The molecule has 0 bridgehead atoms. The molecule has 29 heavy (non-hydrogen) atoms. The predicted molar refractivity (Wildman–Crippen MR) is 126 cm³/mol. The molecule has 10 heteroatoms. The molecule has 6 nitrogen and oxygen atoms in total. The lowest BCUT2D eigenvalue weighted by atomic mass is 10.2. The molecule has 3 rings (SSSR count). The number of hydrogen-bond acceptors (Lipinski definition) is 5. The quantitative estimate of drug-likeness (QED) is 0.380. The first-order valence-corrected chi connectivity index (χ1v) is 11.1. The van der Waals surface area contributed by atoms with Gasteiger partial charge in [0.25, 0.3) is 11.1 Å². The van der Waals surface area contributed by atoms with Gasteiger partial charge in [-0.05, 0) is 99.4 Å². The molecular formula is C19H13FI2N2O4S. The molecule has 2 aromatic carbocycles. The van der Waals surface area contributed by atoms with Gasteiger partial charge in [-0.2, -0.15) is 0 Å². The van der Waals surface area contributed by atoms with E-state index in [1.54, 1.807) is 6.08 Å². The van der Waals surface area contributed by atoms with Gasteiger partial charge in [-0.15, -0.1) is 0 Å². The maximum Gasteiger partial charge on any atom is 0.294 e. The molecule has 3 amide bonds. The number of nitrogens with one attached hydrogen (secondary N) is 1. The summed E-state index contributed by atoms with van der Waals surface area (Å²) in [6.07, 6.45) is 1.59. The first-order valence-electron chi connectivity index (χ1n) is 8.12. The highest BCUT2D eigenvalue weighted by Crippen LogP contribution is 2.36. The molecule has 0 radical (unpaired) electrons. The highest BCUT2D eigenvalue weighted by Gasteiger charge is 2.36. The third-order valence-corrected chi connectivity index (χ3v) is 6.16. The molecule has 0 saturated carbocycles. The van der Waals surface area contributed by atoms with Crippen LogP contribution in [-0.2, 0) is 9.59 Å². The number of amides is 3. The van der Waals surface area contributed by atoms with Crippen molar-refractivity contribution in [1.82, 2.24) is 4.90 Å². The maximum atomic E-state index is 13.0. The Morgan fingerprint density at radius 1 is 1.24 bits per heavy atom. The number of benzene rings is 2. The van der Waals surface area contributed by atoms with Gasteiger partial charge in [0.2, 0.25) is 5.91 Å². The van der Waals surface area contributed by atoms with Gasteiger partial charge in [0.15, 0.2) is 0 Å². The normalized spacial score (nSPS) is 15.2. The fraction of sp³-hybridized carbons (Fsp3) is 0.105. The molecule has 1 aliphatic rings. The van der Waals surface area contributed by atoms with Crippen LogP contribution in [0.25, 0.3) is 6.08 Å². The summed E-state index contributed by atoms with van der Waals surface area (Å²) in [6.45, 7) is -0.430. The Morgan fingerprint density at radius 2 is 1.93 bits per heavy atom. The average molecular weight is 638 g/mol. The van der Waals surface area contributed by atoms with Crippen LogP contribution in [0.2, 0.25) is 0 Å². The molecule has 0 aliphatic carbocycles. The van der Waals surface area contributed by atoms with Crippen molar-refractivity contribution in [1.29, 1.82) is 0 Å². The van der Waals surface area contributed by atoms with E-state index in [2.05, 4.69) is 50.5 Å². The van der Waals surface area contributed by atoms with Gasteiger partial charge in [-0.3, -0.25) is 19.3 Å². The van der Waals surface area contributed by atoms with Gasteiger partial charge in [0.05, 0.1) is 15.6 Å². The van der Waals surface area contributed by atoms with Crippen LogP contribution >= 0.6 is 56.9 Å². The highest BCUT2D eigenvalue weighted by molar-refractivity contribution is 14.1. The Bertz CT molecular complexity index is 1030. The SMILES string of the molecule is COc1c(I)cc(I)cc1/C=C1\SC(=O)N(CC(=O)Nc2ccc(F)cc2)C1=O. The highest BCUT2D eigenvalue weighted by atomic mass is 127. The van der Waals surface area contributed by atoms with Gasteiger partial charge in [0.1, 0.15) is 18.1 Å². The monoisotopic (exact) mass is 638 g/mol. The first kappa shape index (κ1) is 22.0. The van der Waals surface area contributed by atoms with Crippen LogP contribution in [0.3, 0.4) is 0 Å². The molecule has 1 fully saturated rings. The number of rotatable bonds is 5. The Morgan fingerprint density at radius 3 is 2.59 bits per heavy atom. The molecule has 0 unspecified atom stereocenters. The van der Waals surface area contributed by atoms with E-state index in [1.165, 1.54) is 31.4 Å². The second-order valence-electron chi connectivity index (χ2n) is 5.83. The number of methoxy groups -OCH3 is 1. The van der Waals surface area contributed by atoms with Crippen molar-refractivity contribution in [3.05, 3.63) is 59.8 Å². The number of hydrogen-bond donors (Lipinski definition) is 1. The molecular weight excluding hydrogens is 625 g/mol. The van der Waals surface area contributed by atoms with Crippen molar-refractivity contribution >= 4 is 85.8 Å². The van der Waals surface area contributed by atoms with Crippen molar-refractivity contribution in [3.63, 3.8) is 0 Å². The van der Waals surface area contributed by atoms with Gasteiger partial charge >= 0.3 is 0 Å². The minimum atomic E-state index is -0.554. The van der Waals surface area contributed by atoms with Crippen molar-refractivity contribution in [2.45, 2.75) is 0 Å². The van der Waals surface area contributed by atoms with E-state index in [4.69, 9.17) is 4.74 Å². The number of imide groups is 1. The predicted octanol–water partition coefficient (Wildman–Crippen LogP) is 4.72. The smallest absolute Gasteiger partial charge is 0.294 e. The van der Waals surface area contributed by atoms with Crippen LogP contribution in [-0.4, -0.2) is 35.6 Å². The molecule has 1 aliphatic heterocycles. The zero-order valence-corrected chi connectivity index (χ0v) is 20.0. The first-order chi connectivity index (χ1) is 13.8. The van der Waals surface area contributed by atoms with Crippen molar-refractivity contribution < 1.29 is 23.5 Å². The summed E-state index contributed by atoms with van der Waals surface area (Å²) < 4.78 is 20.2. The Labute approximate surface area is 197 Å². The van der Waals surface area contributed by atoms with E-state index >= 15 is 0 Å². The van der Waals surface area contributed by atoms with Crippen LogP contribution in [0.15, 0.2) is 41.3 Å². The van der Waals surface area contributed by atoms with Crippen LogP contribution in [0.5, 0.6) is 5.75 Å². The zero-order valence-electron chi connectivity index (χ0n) is 14.9. The summed E-state index contributed by atoms with van der Waals surface area (Å²) in [4.78, 5) is 38.2. The summed E-state index contributed by atoms with van der Waals surface area (Å²) in [6, 6.07) is 8.97. The van der Waals surface area contributed by atoms with Crippen LogP contribution in [0, 0.1) is 13.0 Å². The summed E-state index contributed by atoms with van der Waals surface area (Å²) >= 11 is 5.06. The second kappa shape index (κ2) is 9.43. The molecule has 0 atom stereocenters. The van der Waals surface area contributed by atoms with E-state index in [0.717, 1.165) is 23.8 Å². The molecule has 1 N–H and O–H groups in total. The lowest BCUT2D eigenvalue weighted by molar-refractivity contribution is -0.127. The largest absolute Gasteiger partial charge is 0.495 e. The fourth-order valence-corrected chi connectivity index (χ4v) is 5.50. The van der Waals surface area contributed by atoms with Gasteiger partial charge in [-0.1, -0.05) is 0 Å². The summed E-state index contributed by atoms with van der Waals surface area (Å²) in [5.74, 6) is -0.932. The number of halogens is 3. The number of thioether (sulfide) groups is 1. The lowest BCUT2D eigenvalue weighted by Gasteiger charge is -2.12. The Kier molecular flexibility index (Phi) is 7.16. The van der Waals surface area contributed by atoms with Crippen LogP contribution < -0.4 is 10.1 Å². The summed E-state index contributed by atoms with van der Waals surface area (Å²) in [5.41, 5.74) is 1.04. The Hall–Kier alpha value is -1.67. The fourth-order valence-electron chi connectivity index (χ4n) is 2.56. The van der Waals surface area contributed by atoms with E-state index < -0.39 is 29.4 Å². The number of ether oxygens (including phenoxy) is 1. The molecule has 1 heterocycles. The summed E-state index contributed by atoms with van der Waals surface area (Å²) in [7, 11) is 1.53. The standard InChI is InChI=1S/C19H13FI2N2O4S/c1-28-17-10(6-12(21)8-14(17)22)7-15-18(26)24(19(27)29-15)9-16(25)23-13-4-2-11(20)3-5-13/h2-8H,9H2,1H3,(H,23,25)/b15-7-. The third kappa shape index (κ3) is 5.28. The zero-order chi connectivity index (χ0) is 21.1. The Balaban J connectivity index is 1.77. The number of carbonyl (C=O) groups excluding carboxylic acids is 3. The van der Waals surface area contributed by atoms with Crippen molar-refractivity contribution in [2.24, 2.45) is 0 Å². The number of carbonyl (C=O) groups is 3. The van der Waals surface area contributed by atoms with Gasteiger partial charge in [-0.25, -0.2) is 4.39 Å². The van der Waals surface area contributed by atoms with Crippen molar-refractivity contribution in [2.75, 3.05) is 19.0 Å². The van der Waals surface area contributed by atoms with Crippen molar-refractivity contribution in [3.8, 4) is 5.75 Å². The lowest BCUT2D eigenvalue weighted by Crippen LogP contribution is -2.36. The maximum absolute atomic E-state index is 13.0. The van der Waals surface area contributed by atoms with Gasteiger partial charge < -0.3 is 10.1 Å². The average Bonchev–Trinajstić information content (AvgIpc) is 2.91. The van der Waals surface area contributed by atoms with E-state index in [0.29, 0.717) is 17.0 Å². The molecule has 150 valence electrons. The second-order valence-corrected chi connectivity index (χ2v) is 9.23. The van der Waals surface area contributed by atoms with Crippen LogP contribution in [0.4, 0.5) is 14.9 Å². The summed E-state index contributed by atoms with van der Waals surface area (Å²) in [5, 5.41) is 2.00. The van der Waals surface area contributed by atoms with E-state index in [1.807, 2.05) is 12.1 Å².